The Hall–Kier alpha value is -2.12. The Balaban J connectivity index is 3.67. The van der Waals surface area contributed by atoms with Crippen LogP contribution in [0.5, 0.6) is 5.75 Å². The number of rotatable bonds is 3. The number of nitro benzene ring substituents is 1. The van der Waals surface area contributed by atoms with Crippen molar-refractivity contribution in [2.45, 2.75) is 13.1 Å². The minimum absolute atomic E-state index is 0.591. The van der Waals surface area contributed by atoms with E-state index in [0.717, 1.165) is 14.0 Å². The molecule has 0 saturated heterocycles. The van der Waals surface area contributed by atoms with Crippen LogP contribution < -0.4 is 4.74 Å². The average molecular weight is 263 g/mol. The fourth-order valence-corrected chi connectivity index (χ4v) is 1.44. The van der Waals surface area contributed by atoms with Crippen LogP contribution in [0.1, 0.15) is 22.8 Å². The molecule has 0 aliphatic heterocycles. The summed E-state index contributed by atoms with van der Waals surface area (Å²) >= 11 is 0. The molecular formula is C10H8F3NO4. The van der Waals surface area contributed by atoms with Crippen molar-refractivity contribution in [3.05, 3.63) is 33.4 Å². The van der Waals surface area contributed by atoms with Gasteiger partial charge in [-0.1, -0.05) is 0 Å². The van der Waals surface area contributed by atoms with Gasteiger partial charge in [-0.05, 0) is 6.92 Å². The lowest BCUT2D eigenvalue weighted by Gasteiger charge is -2.14. The number of non-ortho nitro benzene ring substituents is 1. The third kappa shape index (κ3) is 2.58. The zero-order valence-electron chi connectivity index (χ0n) is 9.37. The SMILES string of the molecule is COc1cc([N+](=O)[O-])cc(C(C)=O)c1C(F)(F)F. The lowest BCUT2D eigenvalue weighted by Crippen LogP contribution is -2.14. The smallest absolute Gasteiger partial charge is 0.420 e. The van der Waals surface area contributed by atoms with Crippen LogP contribution in [0.2, 0.25) is 0 Å². The van der Waals surface area contributed by atoms with Crippen molar-refractivity contribution in [3.8, 4) is 5.75 Å². The molecule has 0 aromatic heterocycles. The third-order valence-corrected chi connectivity index (χ3v) is 2.18. The van der Waals surface area contributed by atoms with Crippen LogP contribution in [0.3, 0.4) is 0 Å². The highest BCUT2D eigenvalue weighted by Gasteiger charge is 2.39. The molecule has 98 valence electrons. The number of nitro groups is 1. The number of Topliss-reactive ketones (excluding diaryl/α,β-unsaturated/α-hetero) is 1. The topological polar surface area (TPSA) is 69.4 Å². The normalized spacial score (nSPS) is 11.2. The quantitative estimate of drug-likeness (QED) is 0.477. The summed E-state index contributed by atoms with van der Waals surface area (Å²) in [5.74, 6) is -1.67. The van der Waals surface area contributed by atoms with Crippen LogP contribution in [0, 0.1) is 10.1 Å². The van der Waals surface area contributed by atoms with E-state index in [2.05, 4.69) is 4.74 Å². The molecular weight excluding hydrogens is 255 g/mol. The van der Waals surface area contributed by atoms with Gasteiger partial charge in [-0.15, -0.1) is 0 Å². The van der Waals surface area contributed by atoms with E-state index in [4.69, 9.17) is 0 Å². The first-order chi connectivity index (χ1) is 8.18. The first-order valence-corrected chi connectivity index (χ1v) is 4.63. The van der Waals surface area contributed by atoms with Gasteiger partial charge in [-0.3, -0.25) is 14.9 Å². The van der Waals surface area contributed by atoms with Gasteiger partial charge in [-0.25, -0.2) is 0 Å². The van der Waals surface area contributed by atoms with Gasteiger partial charge >= 0.3 is 6.18 Å². The summed E-state index contributed by atoms with van der Waals surface area (Å²) in [6.07, 6.45) is -4.83. The van der Waals surface area contributed by atoms with E-state index in [9.17, 15) is 28.1 Å². The summed E-state index contributed by atoms with van der Waals surface area (Å²) in [4.78, 5) is 20.8. The highest BCUT2D eigenvalue weighted by molar-refractivity contribution is 5.97. The Morgan fingerprint density at radius 3 is 2.28 bits per heavy atom. The maximum atomic E-state index is 12.8. The predicted molar refractivity (Wildman–Crippen MR) is 54.7 cm³/mol. The Kier molecular flexibility index (Phi) is 3.59. The van der Waals surface area contributed by atoms with E-state index in [1.165, 1.54) is 0 Å². The monoisotopic (exact) mass is 263 g/mol. The molecule has 0 saturated carbocycles. The van der Waals surface area contributed by atoms with Gasteiger partial charge in [-0.2, -0.15) is 13.2 Å². The molecule has 8 heteroatoms. The molecule has 0 bridgehead atoms. The van der Waals surface area contributed by atoms with Crippen LogP contribution >= 0.6 is 0 Å². The fourth-order valence-electron chi connectivity index (χ4n) is 1.44. The van der Waals surface area contributed by atoms with E-state index in [0.29, 0.717) is 12.1 Å². The van der Waals surface area contributed by atoms with E-state index >= 15 is 0 Å². The van der Waals surface area contributed by atoms with E-state index in [1.54, 1.807) is 0 Å². The molecule has 0 aliphatic carbocycles. The molecule has 0 aliphatic rings. The number of carbonyl (C=O) groups is 1. The highest BCUT2D eigenvalue weighted by atomic mass is 19.4. The van der Waals surface area contributed by atoms with Crippen LogP contribution in [0.4, 0.5) is 18.9 Å². The molecule has 0 N–H and O–H groups in total. The lowest BCUT2D eigenvalue weighted by molar-refractivity contribution is -0.385. The molecule has 0 unspecified atom stereocenters. The number of nitrogens with zero attached hydrogens (tertiary/aromatic N) is 1. The minimum Gasteiger partial charge on any atom is -0.496 e. The molecule has 1 rings (SSSR count). The molecule has 0 spiro atoms. The van der Waals surface area contributed by atoms with Gasteiger partial charge in [0.05, 0.1) is 18.1 Å². The molecule has 18 heavy (non-hydrogen) atoms. The standard InChI is InChI=1S/C10H8F3NO4/c1-5(15)7-3-6(14(16)17)4-8(18-2)9(7)10(11,12)13/h3-4H,1-2H3. The van der Waals surface area contributed by atoms with Crippen molar-refractivity contribution >= 4 is 11.5 Å². The van der Waals surface area contributed by atoms with Crippen molar-refractivity contribution in [3.63, 3.8) is 0 Å². The number of halogens is 3. The fraction of sp³-hybridized carbons (Fsp3) is 0.300. The zero-order chi connectivity index (χ0) is 14.1. The van der Waals surface area contributed by atoms with Gasteiger partial charge < -0.3 is 4.74 Å². The number of alkyl halides is 3. The van der Waals surface area contributed by atoms with Crippen LogP contribution in [0.15, 0.2) is 12.1 Å². The second-order valence-corrected chi connectivity index (χ2v) is 3.38. The van der Waals surface area contributed by atoms with Gasteiger partial charge in [0.2, 0.25) is 0 Å². The summed E-state index contributed by atoms with van der Waals surface area (Å²) in [6.45, 7) is 0.897. The average Bonchev–Trinajstić information content (AvgIpc) is 2.25. The second kappa shape index (κ2) is 4.63. The summed E-state index contributed by atoms with van der Waals surface area (Å²) < 4.78 is 42.8. The Labute approximate surface area is 99.3 Å². The summed E-state index contributed by atoms with van der Waals surface area (Å²) in [7, 11) is 0.943. The van der Waals surface area contributed by atoms with Gasteiger partial charge in [0.1, 0.15) is 11.3 Å². The predicted octanol–water partition coefficient (Wildman–Crippen LogP) is 2.82. The summed E-state index contributed by atoms with van der Waals surface area (Å²) in [6, 6.07) is 1.23. The van der Waals surface area contributed by atoms with Gasteiger partial charge in [0.15, 0.2) is 5.78 Å². The molecule has 1 aromatic carbocycles. The van der Waals surface area contributed by atoms with Crippen LogP contribution in [-0.2, 0) is 6.18 Å². The first kappa shape index (κ1) is 13.9. The van der Waals surface area contributed by atoms with Crippen molar-refractivity contribution in [1.82, 2.24) is 0 Å². The number of methoxy groups -OCH3 is 1. The second-order valence-electron chi connectivity index (χ2n) is 3.38. The van der Waals surface area contributed by atoms with E-state index < -0.39 is 39.4 Å². The molecule has 1 aromatic rings. The Morgan fingerprint density at radius 1 is 1.39 bits per heavy atom. The number of benzene rings is 1. The summed E-state index contributed by atoms with van der Waals surface area (Å²) in [5, 5.41) is 10.6. The maximum absolute atomic E-state index is 12.8. The highest BCUT2D eigenvalue weighted by Crippen LogP contribution is 2.41. The lowest BCUT2D eigenvalue weighted by atomic mass is 10.0. The molecule has 0 atom stereocenters. The maximum Gasteiger partial charge on any atom is 0.420 e. The van der Waals surface area contributed by atoms with Gasteiger partial charge in [0, 0.05) is 11.6 Å². The number of hydrogen-bond donors (Lipinski definition) is 0. The zero-order valence-corrected chi connectivity index (χ0v) is 9.37. The minimum atomic E-state index is -4.83. The molecule has 0 fully saturated rings. The number of ether oxygens (including phenoxy) is 1. The molecule has 0 radical (unpaired) electrons. The Morgan fingerprint density at radius 2 is 1.94 bits per heavy atom. The van der Waals surface area contributed by atoms with Gasteiger partial charge in [0.25, 0.3) is 5.69 Å². The van der Waals surface area contributed by atoms with Crippen LogP contribution in [0.25, 0.3) is 0 Å². The molecule has 0 heterocycles. The molecule has 0 amide bonds. The number of ketones is 1. The first-order valence-electron chi connectivity index (χ1n) is 4.63. The van der Waals surface area contributed by atoms with Crippen molar-refractivity contribution in [1.29, 1.82) is 0 Å². The summed E-state index contributed by atoms with van der Waals surface area (Å²) in [5.41, 5.74) is -2.72. The largest absolute Gasteiger partial charge is 0.496 e. The molecule has 5 nitrogen and oxygen atoms in total. The van der Waals surface area contributed by atoms with Crippen molar-refractivity contribution in [2.24, 2.45) is 0 Å². The van der Waals surface area contributed by atoms with Crippen LogP contribution in [-0.4, -0.2) is 17.8 Å². The van der Waals surface area contributed by atoms with E-state index in [1.807, 2.05) is 0 Å². The van der Waals surface area contributed by atoms with Crippen molar-refractivity contribution in [2.75, 3.05) is 7.11 Å². The number of carbonyl (C=O) groups excluding carboxylic acids is 1. The van der Waals surface area contributed by atoms with Crippen molar-refractivity contribution < 1.29 is 27.6 Å². The number of hydrogen-bond acceptors (Lipinski definition) is 4. The Bertz CT molecular complexity index is 511. The third-order valence-electron chi connectivity index (χ3n) is 2.18. The van der Waals surface area contributed by atoms with E-state index in [-0.39, 0.29) is 0 Å².